The highest BCUT2D eigenvalue weighted by atomic mass is 16.5. The van der Waals surface area contributed by atoms with Gasteiger partial charge in [0.2, 0.25) is 0 Å². The molecule has 1 aromatic heterocycles. The standard InChI is InChI=1S/C12H19N3O4/c1-14(2-5-16)12(17)11-8-10(19-13-11)9-15-3-6-18-7-4-15/h8,16H,2-7,9H2,1H3. The second kappa shape index (κ2) is 6.65. The smallest absolute Gasteiger partial charge is 0.275 e. The number of amides is 1. The van der Waals surface area contributed by atoms with Crippen molar-refractivity contribution in [1.82, 2.24) is 15.0 Å². The van der Waals surface area contributed by atoms with Crippen LogP contribution in [0.15, 0.2) is 10.6 Å². The molecule has 0 radical (unpaired) electrons. The Labute approximate surface area is 111 Å². The lowest BCUT2D eigenvalue weighted by Gasteiger charge is -2.25. The van der Waals surface area contributed by atoms with E-state index in [1.54, 1.807) is 13.1 Å². The summed E-state index contributed by atoms with van der Waals surface area (Å²) in [6, 6.07) is 1.66. The van der Waals surface area contributed by atoms with Crippen LogP contribution in [0, 0.1) is 0 Å². The summed E-state index contributed by atoms with van der Waals surface area (Å²) >= 11 is 0. The van der Waals surface area contributed by atoms with E-state index in [9.17, 15) is 4.79 Å². The molecule has 0 aliphatic carbocycles. The van der Waals surface area contributed by atoms with Gasteiger partial charge in [-0.25, -0.2) is 0 Å². The molecule has 0 saturated carbocycles. The van der Waals surface area contributed by atoms with E-state index < -0.39 is 0 Å². The van der Waals surface area contributed by atoms with Crippen molar-refractivity contribution in [3.05, 3.63) is 17.5 Å². The van der Waals surface area contributed by atoms with E-state index in [-0.39, 0.29) is 24.8 Å². The molecule has 0 bridgehead atoms. The van der Waals surface area contributed by atoms with Crippen LogP contribution in [0.1, 0.15) is 16.2 Å². The maximum atomic E-state index is 11.9. The van der Waals surface area contributed by atoms with Gasteiger partial charge in [0.05, 0.1) is 26.4 Å². The number of hydrogen-bond acceptors (Lipinski definition) is 6. The van der Waals surface area contributed by atoms with Gasteiger partial charge in [-0.3, -0.25) is 9.69 Å². The third-order valence-corrected chi connectivity index (χ3v) is 3.04. The molecule has 19 heavy (non-hydrogen) atoms. The minimum absolute atomic E-state index is 0.0687. The number of likely N-dealkylation sites (N-methyl/N-ethyl adjacent to an activating group) is 1. The van der Waals surface area contributed by atoms with Crippen molar-refractivity contribution in [1.29, 1.82) is 0 Å². The lowest BCUT2D eigenvalue weighted by atomic mass is 10.3. The van der Waals surface area contributed by atoms with E-state index in [1.165, 1.54) is 4.90 Å². The fourth-order valence-electron chi connectivity index (χ4n) is 1.92. The Morgan fingerprint density at radius 2 is 2.26 bits per heavy atom. The summed E-state index contributed by atoms with van der Waals surface area (Å²) in [5.41, 5.74) is 0.277. The Kier molecular flexibility index (Phi) is 4.89. The average molecular weight is 269 g/mol. The zero-order valence-corrected chi connectivity index (χ0v) is 11.0. The topological polar surface area (TPSA) is 79.0 Å². The van der Waals surface area contributed by atoms with Crippen LogP contribution in [0.2, 0.25) is 0 Å². The van der Waals surface area contributed by atoms with Crippen molar-refractivity contribution in [3.8, 4) is 0 Å². The molecule has 2 rings (SSSR count). The molecule has 1 saturated heterocycles. The summed E-state index contributed by atoms with van der Waals surface area (Å²) in [5.74, 6) is 0.425. The zero-order chi connectivity index (χ0) is 13.7. The van der Waals surface area contributed by atoms with E-state index >= 15 is 0 Å². The van der Waals surface area contributed by atoms with Gasteiger partial charge in [-0.05, 0) is 0 Å². The number of carbonyl (C=O) groups excluding carboxylic acids is 1. The summed E-state index contributed by atoms with van der Waals surface area (Å²) in [6.45, 7) is 4.00. The average Bonchev–Trinajstić information content (AvgIpc) is 2.88. The van der Waals surface area contributed by atoms with E-state index in [4.69, 9.17) is 14.4 Å². The van der Waals surface area contributed by atoms with Gasteiger partial charge in [0.1, 0.15) is 0 Å². The number of carbonyl (C=O) groups is 1. The van der Waals surface area contributed by atoms with Gasteiger partial charge in [0.15, 0.2) is 11.5 Å². The van der Waals surface area contributed by atoms with Crippen LogP contribution in [-0.4, -0.2) is 72.5 Å². The molecule has 1 aliphatic rings. The van der Waals surface area contributed by atoms with Gasteiger partial charge < -0.3 is 19.3 Å². The molecule has 7 nitrogen and oxygen atoms in total. The molecule has 1 fully saturated rings. The Hall–Kier alpha value is -1.44. The van der Waals surface area contributed by atoms with E-state index in [2.05, 4.69) is 10.1 Å². The summed E-state index contributed by atoms with van der Waals surface area (Å²) in [5, 5.41) is 12.6. The van der Waals surface area contributed by atoms with Gasteiger partial charge in [0, 0.05) is 32.7 Å². The van der Waals surface area contributed by atoms with Crippen molar-refractivity contribution in [2.45, 2.75) is 6.54 Å². The van der Waals surface area contributed by atoms with Crippen molar-refractivity contribution in [2.75, 3.05) is 46.5 Å². The Balaban J connectivity index is 1.92. The molecule has 0 aromatic carbocycles. The number of ether oxygens (including phenoxy) is 1. The minimum atomic E-state index is -0.244. The molecule has 0 atom stereocenters. The monoisotopic (exact) mass is 269 g/mol. The quantitative estimate of drug-likeness (QED) is 0.781. The highest BCUT2D eigenvalue weighted by molar-refractivity contribution is 5.92. The minimum Gasteiger partial charge on any atom is -0.395 e. The summed E-state index contributed by atoms with van der Waals surface area (Å²) in [7, 11) is 1.62. The second-order valence-corrected chi connectivity index (χ2v) is 4.52. The highest BCUT2D eigenvalue weighted by Crippen LogP contribution is 2.10. The number of rotatable bonds is 5. The molecule has 7 heteroatoms. The first kappa shape index (κ1) is 14.0. The zero-order valence-electron chi connectivity index (χ0n) is 11.0. The van der Waals surface area contributed by atoms with Crippen molar-refractivity contribution in [2.24, 2.45) is 0 Å². The van der Waals surface area contributed by atoms with Crippen molar-refractivity contribution < 1.29 is 19.2 Å². The molecule has 0 unspecified atom stereocenters. The fourth-order valence-corrected chi connectivity index (χ4v) is 1.92. The molecular formula is C12H19N3O4. The number of morpholine rings is 1. The maximum Gasteiger partial charge on any atom is 0.275 e. The van der Waals surface area contributed by atoms with Crippen LogP contribution in [0.25, 0.3) is 0 Å². The molecule has 1 N–H and O–H groups in total. The van der Waals surface area contributed by atoms with Crippen LogP contribution in [0.5, 0.6) is 0 Å². The third kappa shape index (κ3) is 3.76. The molecule has 1 aromatic rings. The predicted octanol–water partition coefficient (Wildman–Crippen LogP) is -0.429. The fraction of sp³-hybridized carbons (Fsp3) is 0.667. The largest absolute Gasteiger partial charge is 0.395 e. The first-order valence-electron chi connectivity index (χ1n) is 6.32. The van der Waals surface area contributed by atoms with Crippen LogP contribution in [-0.2, 0) is 11.3 Å². The summed E-state index contributed by atoms with van der Waals surface area (Å²) in [4.78, 5) is 15.5. The Morgan fingerprint density at radius 3 is 2.95 bits per heavy atom. The molecule has 106 valence electrons. The van der Waals surface area contributed by atoms with E-state index in [1.807, 2.05) is 0 Å². The van der Waals surface area contributed by atoms with Gasteiger partial charge in [0.25, 0.3) is 5.91 Å². The number of aliphatic hydroxyl groups excluding tert-OH is 1. The lowest BCUT2D eigenvalue weighted by molar-refractivity contribution is 0.0305. The first-order chi connectivity index (χ1) is 9.20. The normalized spacial score (nSPS) is 16.5. The van der Waals surface area contributed by atoms with Gasteiger partial charge in [-0.15, -0.1) is 0 Å². The van der Waals surface area contributed by atoms with Crippen LogP contribution < -0.4 is 0 Å². The highest BCUT2D eigenvalue weighted by Gasteiger charge is 2.18. The van der Waals surface area contributed by atoms with Crippen LogP contribution >= 0.6 is 0 Å². The van der Waals surface area contributed by atoms with E-state index in [0.717, 1.165) is 26.3 Å². The van der Waals surface area contributed by atoms with Gasteiger partial charge in [-0.1, -0.05) is 5.16 Å². The molecule has 0 spiro atoms. The third-order valence-electron chi connectivity index (χ3n) is 3.04. The van der Waals surface area contributed by atoms with Crippen LogP contribution in [0.3, 0.4) is 0 Å². The maximum absolute atomic E-state index is 11.9. The van der Waals surface area contributed by atoms with Gasteiger partial charge >= 0.3 is 0 Å². The van der Waals surface area contributed by atoms with Crippen molar-refractivity contribution >= 4 is 5.91 Å². The number of hydrogen-bond donors (Lipinski definition) is 1. The molecular weight excluding hydrogens is 250 g/mol. The number of aromatic nitrogens is 1. The number of aliphatic hydroxyl groups is 1. The second-order valence-electron chi connectivity index (χ2n) is 4.52. The van der Waals surface area contributed by atoms with Gasteiger partial charge in [-0.2, -0.15) is 0 Å². The molecule has 1 amide bonds. The predicted molar refractivity (Wildman–Crippen MR) is 66.6 cm³/mol. The Bertz CT molecular complexity index is 415. The molecule has 2 heterocycles. The Morgan fingerprint density at radius 1 is 1.53 bits per heavy atom. The molecule has 1 aliphatic heterocycles. The summed E-state index contributed by atoms with van der Waals surface area (Å²) < 4.78 is 10.4. The lowest BCUT2D eigenvalue weighted by Crippen LogP contribution is -2.35. The summed E-state index contributed by atoms with van der Waals surface area (Å²) in [6.07, 6.45) is 0. The van der Waals surface area contributed by atoms with Crippen LogP contribution in [0.4, 0.5) is 0 Å². The number of nitrogens with zero attached hydrogens (tertiary/aromatic N) is 3. The van der Waals surface area contributed by atoms with E-state index in [0.29, 0.717) is 12.3 Å². The SMILES string of the molecule is CN(CCO)C(=O)c1cc(CN2CCOCC2)on1. The van der Waals surface area contributed by atoms with Crippen molar-refractivity contribution in [3.63, 3.8) is 0 Å². The first-order valence-corrected chi connectivity index (χ1v) is 6.32.